The van der Waals surface area contributed by atoms with Crippen LogP contribution in [0.25, 0.3) is 15.5 Å². The van der Waals surface area contributed by atoms with E-state index in [1.165, 1.54) is 6.20 Å². The van der Waals surface area contributed by atoms with Gasteiger partial charge in [-0.05, 0) is 0 Å². The Hall–Kier alpha value is -2.09. The van der Waals surface area contributed by atoms with Gasteiger partial charge in [-0.25, -0.2) is 0 Å². The molecule has 6 heteroatoms. The van der Waals surface area contributed by atoms with Crippen LogP contribution in [0.1, 0.15) is 5.56 Å². The van der Waals surface area contributed by atoms with Gasteiger partial charge in [-0.15, -0.1) is 0 Å². The molecule has 0 fully saturated rings. The number of hydrogen-bond donors (Lipinski definition) is 1. The summed E-state index contributed by atoms with van der Waals surface area (Å²) in [5.74, 6) is 0.425. The normalized spacial score (nSPS) is 10.5. The van der Waals surface area contributed by atoms with Gasteiger partial charge >= 0.3 is 102 Å². The number of nitrogens with one attached hydrogen (secondary N) is 1. The number of nitrogens with zero attached hydrogens (tertiary/aromatic N) is 3. The van der Waals surface area contributed by atoms with Crippen LogP contribution in [0.15, 0.2) is 35.3 Å². The van der Waals surface area contributed by atoms with Gasteiger partial charge in [0.05, 0.1) is 0 Å². The fourth-order valence-corrected chi connectivity index (χ4v) is 3.72. The van der Waals surface area contributed by atoms with Gasteiger partial charge in [-0.3, -0.25) is 0 Å². The van der Waals surface area contributed by atoms with Crippen molar-refractivity contribution < 1.29 is 0 Å². The van der Waals surface area contributed by atoms with Crippen LogP contribution >= 0.6 is 0 Å². The van der Waals surface area contributed by atoms with E-state index in [1.807, 2.05) is 24.3 Å². The Bertz CT molecular complexity index is 790. The van der Waals surface area contributed by atoms with Crippen LogP contribution in [0.3, 0.4) is 0 Å². The third kappa shape index (κ3) is 1.45. The van der Waals surface area contributed by atoms with E-state index in [1.54, 1.807) is 9.63 Å². The molecule has 0 saturated carbocycles. The van der Waals surface area contributed by atoms with Crippen LogP contribution in [0.4, 0.5) is 0 Å². The number of fused-ring (bicyclic) bond motifs is 1. The minimum atomic E-state index is -0.144. The molecule has 1 aromatic carbocycles. The topological polar surface area (TPSA) is 74.5 Å². The summed E-state index contributed by atoms with van der Waals surface area (Å²) in [5.41, 5.74) is 0.317. The van der Waals surface area contributed by atoms with E-state index in [2.05, 4.69) is 10.2 Å². The number of H-pyrrole nitrogens is 1. The van der Waals surface area contributed by atoms with Gasteiger partial charge in [0.1, 0.15) is 0 Å². The third-order valence-corrected chi connectivity index (χ3v) is 4.68. The number of aromatic nitrogens is 3. The predicted molar refractivity (Wildman–Crippen MR) is 63.3 cm³/mol. The number of nitriles is 1. The summed E-state index contributed by atoms with van der Waals surface area (Å²) in [4.78, 5) is 12.1. The summed E-state index contributed by atoms with van der Waals surface area (Å²) in [5, 5.41) is 16.2. The summed E-state index contributed by atoms with van der Waals surface area (Å²) >= 11 is -0.144. The van der Waals surface area contributed by atoms with E-state index in [0.717, 1.165) is 4.26 Å². The van der Waals surface area contributed by atoms with Crippen molar-refractivity contribution in [2.45, 2.75) is 0 Å². The Morgan fingerprint density at radius 1 is 1.41 bits per heavy atom. The molecule has 0 atom stereocenters. The molecule has 0 aliphatic carbocycles. The van der Waals surface area contributed by atoms with Crippen LogP contribution in [0.5, 0.6) is 0 Å². The predicted octanol–water partition coefficient (Wildman–Crippen LogP) is 0.642. The molecule has 0 unspecified atom stereocenters. The first-order chi connectivity index (χ1) is 8.31. The molecule has 0 saturated heterocycles. The average molecular weight is 289 g/mol. The summed E-state index contributed by atoms with van der Waals surface area (Å²) < 4.78 is 2.60. The van der Waals surface area contributed by atoms with Crippen molar-refractivity contribution in [3.8, 4) is 11.9 Å². The number of benzene rings is 1. The average Bonchev–Trinajstić information content (AvgIpc) is 2.94. The fraction of sp³-hybridized carbons (Fsp3) is 0. The van der Waals surface area contributed by atoms with E-state index >= 15 is 0 Å². The SMILES string of the molecule is N#Cc1c[nH]nc1-n1[se]c2ccccc2c1=O. The van der Waals surface area contributed by atoms with E-state index in [-0.39, 0.29) is 20.3 Å². The summed E-state index contributed by atoms with van der Waals surface area (Å²) in [7, 11) is 0. The molecule has 0 aliphatic heterocycles. The zero-order valence-electron chi connectivity index (χ0n) is 8.54. The van der Waals surface area contributed by atoms with Gasteiger partial charge in [-0.2, -0.15) is 0 Å². The van der Waals surface area contributed by atoms with Gasteiger partial charge < -0.3 is 0 Å². The maximum atomic E-state index is 12.1. The zero-order valence-corrected chi connectivity index (χ0v) is 10.3. The van der Waals surface area contributed by atoms with Gasteiger partial charge in [-0.1, -0.05) is 0 Å². The molecule has 0 aliphatic rings. The molecule has 17 heavy (non-hydrogen) atoms. The van der Waals surface area contributed by atoms with E-state index < -0.39 is 0 Å². The Balaban J connectivity index is 2.36. The molecular formula is C11H6N4OSe. The summed E-state index contributed by atoms with van der Waals surface area (Å²) in [6.07, 6.45) is 1.50. The van der Waals surface area contributed by atoms with Gasteiger partial charge in [0.15, 0.2) is 0 Å². The first-order valence-corrected chi connectivity index (χ1v) is 6.49. The molecule has 1 N–H and O–H groups in total. The second-order valence-corrected chi connectivity index (χ2v) is 5.49. The molecule has 0 bridgehead atoms. The first kappa shape index (κ1) is 10.1. The van der Waals surface area contributed by atoms with Gasteiger partial charge in [0.25, 0.3) is 0 Å². The zero-order chi connectivity index (χ0) is 11.8. The van der Waals surface area contributed by atoms with Gasteiger partial charge in [0, 0.05) is 0 Å². The molecule has 82 valence electrons. The standard InChI is InChI=1S/C11H6N4OSe/c12-5-7-6-13-14-10(7)15-11(16)8-3-1-2-4-9(8)17-15/h1-4,6H,(H,13,14). The second-order valence-electron chi connectivity index (χ2n) is 3.42. The first-order valence-electron chi connectivity index (χ1n) is 4.86. The number of rotatable bonds is 1. The van der Waals surface area contributed by atoms with Crippen LogP contribution in [-0.2, 0) is 0 Å². The monoisotopic (exact) mass is 290 g/mol. The summed E-state index contributed by atoms with van der Waals surface area (Å²) in [6, 6.07) is 9.51. The van der Waals surface area contributed by atoms with Crippen LogP contribution in [0.2, 0.25) is 0 Å². The molecule has 2 heterocycles. The van der Waals surface area contributed by atoms with Crippen molar-refractivity contribution in [2.24, 2.45) is 0 Å². The molecular weight excluding hydrogens is 283 g/mol. The van der Waals surface area contributed by atoms with Crippen molar-refractivity contribution in [1.29, 1.82) is 5.26 Å². The van der Waals surface area contributed by atoms with Crippen molar-refractivity contribution in [3.63, 3.8) is 0 Å². The quantitative estimate of drug-likeness (QED) is 0.668. The van der Waals surface area contributed by atoms with Crippen LogP contribution < -0.4 is 5.56 Å². The Morgan fingerprint density at radius 2 is 2.24 bits per heavy atom. The van der Waals surface area contributed by atoms with Gasteiger partial charge in [0.2, 0.25) is 0 Å². The van der Waals surface area contributed by atoms with Crippen molar-refractivity contribution in [1.82, 2.24) is 13.8 Å². The maximum absolute atomic E-state index is 12.1. The van der Waals surface area contributed by atoms with E-state index in [0.29, 0.717) is 16.8 Å². The van der Waals surface area contributed by atoms with Crippen molar-refractivity contribution >= 4 is 24.4 Å². The van der Waals surface area contributed by atoms with E-state index in [4.69, 9.17) is 5.26 Å². The molecule has 2 aromatic heterocycles. The number of hydrogen-bond acceptors (Lipinski definition) is 3. The van der Waals surface area contributed by atoms with Crippen LogP contribution in [0, 0.1) is 11.3 Å². The molecule has 5 nitrogen and oxygen atoms in total. The second kappa shape index (κ2) is 3.74. The molecule has 0 radical (unpaired) electrons. The van der Waals surface area contributed by atoms with Crippen LogP contribution in [-0.4, -0.2) is 28.5 Å². The Kier molecular flexibility index (Phi) is 2.22. The number of aromatic amines is 1. The Labute approximate surface area is 102 Å². The summed E-state index contributed by atoms with van der Waals surface area (Å²) in [6.45, 7) is 0. The molecule has 3 aromatic rings. The van der Waals surface area contributed by atoms with Crippen molar-refractivity contribution in [2.75, 3.05) is 0 Å². The fourth-order valence-electron chi connectivity index (χ4n) is 1.63. The van der Waals surface area contributed by atoms with E-state index in [9.17, 15) is 4.79 Å². The molecule has 0 spiro atoms. The molecule has 3 rings (SSSR count). The third-order valence-electron chi connectivity index (χ3n) is 2.42. The minimum absolute atomic E-state index is 0.0794. The van der Waals surface area contributed by atoms with Crippen molar-refractivity contribution in [3.05, 3.63) is 46.4 Å². The molecule has 0 amide bonds. The Morgan fingerprint density at radius 3 is 3.00 bits per heavy atom.